The van der Waals surface area contributed by atoms with Crippen molar-refractivity contribution in [3.05, 3.63) is 47.7 Å². The van der Waals surface area contributed by atoms with Crippen LogP contribution in [0.1, 0.15) is 11.4 Å². The Morgan fingerprint density at radius 2 is 2.05 bits per heavy atom. The molecule has 0 saturated carbocycles. The van der Waals surface area contributed by atoms with E-state index in [0.717, 1.165) is 0 Å². The van der Waals surface area contributed by atoms with Crippen molar-refractivity contribution in [2.75, 3.05) is 12.3 Å². The zero-order valence-electron chi connectivity index (χ0n) is 10.0. The van der Waals surface area contributed by atoms with E-state index in [0.29, 0.717) is 24.6 Å². The van der Waals surface area contributed by atoms with E-state index in [2.05, 4.69) is 9.97 Å². The molecule has 0 spiro atoms. The van der Waals surface area contributed by atoms with Crippen LogP contribution in [0.2, 0.25) is 0 Å². The number of hydrogen-bond acceptors (Lipinski definition) is 5. The Balaban J connectivity index is 1.91. The highest BCUT2D eigenvalue weighted by Gasteiger charge is 2.03. The van der Waals surface area contributed by atoms with Crippen LogP contribution < -0.4 is 10.5 Å². The second-order valence-electron chi connectivity index (χ2n) is 3.75. The topological polar surface area (TPSA) is 84.8 Å². The van der Waals surface area contributed by atoms with E-state index in [4.69, 9.17) is 15.7 Å². The van der Waals surface area contributed by atoms with Crippen LogP contribution in [-0.4, -0.2) is 16.6 Å². The van der Waals surface area contributed by atoms with Gasteiger partial charge in [0.1, 0.15) is 34.8 Å². The Kier molecular flexibility index (Phi) is 3.88. The van der Waals surface area contributed by atoms with Crippen molar-refractivity contribution < 1.29 is 9.13 Å². The summed E-state index contributed by atoms with van der Waals surface area (Å²) in [5, 5.41) is 8.69. The molecule has 0 bridgehead atoms. The molecule has 0 aliphatic rings. The predicted octanol–water partition coefficient (Wildman–Crippen LogP) is 1.69. The number of nitrogen functional groups attached to an aromatic ring is 1. The van der Waals surface area contributed by atoms with E-state index < -0.39 is 0 Å². The number of hydrogen-bond donors (Lipinski definition) is 1. The molecule has 5 nitrogen and oxygen atoms in total. The minimum absolute atomic E-state index is 0.161. The zero-order chi connectivity index (χ0) is 13.7. The molecule has 2 rings (SSSR count). The van der Waals surface area contributed by atoms with Gasteiger partial charge in [-0.2, -0.15) is 5.26 Å². The van der Waals surface area contributed by atoms with E-state index in [1.54, 1.807) is 12.1 Å². The number of aromatic nitrogens is 2. The van der Waals surface area contributed by atoms with Gasteiger partial charge in [-0.3, -0.25) is 0 Å². The second-order valence-corrected chi connectivity index (χ2v) is 3.75. The number of nitrogens with two attached hydrogens (primary N) is 1. The van der Waals surface area contributed by atoms with Crippen LogP contribution in [0.3, 0.4) is 0 Å². The fourth-order valence-electron chi connectivity index (χ4n) is 1.43. The van der Waals surface area contributed by atoms with Crippen LogP contribution >= 0.6 is 0 Å². The molecule has 2 aromatic rings. The predicted molar refractivity (Wildman–Crippen MR) is 66.8 cm³/mol. The summed E-state index contributed by atoms with van der Waals surface area (Å²) in [6.07, 6.45) is 1.84. The van der Waals surface area contributed by atoms with Gasteiger partial charge in [-0.05, 0) is 24.3 Å². The number of halogens is 1. The van der Waals surface area contributed by atoms with Crippen LogP contribution in [0, 0.1) is 17.1 Å². The van der Waals surface area contributed by atoms with Gasteiger partial charge in [0.2, 0.25) is 0 Å². The summed E-state index contributed by atoms with van der Waals surface area (Å²) < 4.78 is 18.1. The normalized spacial score (nSPS) is 9.89. The molecule has 19 heavy (non-hydrogen) atoms. The van der Waals surface area contributed by atoms with Crippen molar-refractivity contribution in [1.82, 2.24) is 9.97 Å². The molecule has 1 aromatic heterocycles. The van der Waals surface area contributed by atoms with E-state index >= 15 is 0 Å². The maximum Gasteiger partial charge on any atom is 0.145 e. The SMILES string of the molecule is N#Cc1cnc(CCOc2ccc(F)cc2)nc1N. The molecule has 0 radical (unpaired) electrons. The summed E-state index contributed by atoms with van der Waals surface area (Å²) in [6, 6.07) is 7.63. The first-order valence-corrected chi connectivity index (χ1v) is 5.59. The fraction of sp³-hybridized carbons (Fsp3) is 0.154. The molecule has 96 valence electrons. The number of nitrogens with zero attached hydrogens (tertiary/aromatic N) is 3. The molecule has 0 aliphatic carbocycles. The van der Waals surface area contributed by atoms with Gasteiger partial charge in [0.15, 0.2) is 0 Å². The van der Waals surface area contributed by atoms with Crippen molar-refractivity contribution in [2.45, 2.75) is 6.42 Å². The van der Waals surface area contributed by atoms with Crippen LogP contribution in [-0.2, 0) is 6.42 Å². The van der Waals surface area contributed by atoms with Gasteiger partial charge in [-0.25, -0.2) is 14.4 Å². The standard InChI is InChI=1S/C13H11FN4O/c14-10-1-3-11(4-2-10)19-6-5-12-17-8-9(7-15)13(16)18-12/h1-4,8H,5-6H2,(H2,16,17,18). The second kappa shape index (κ2) is 5.78. The third kappa shape index (κ3) is 3.39. The number of nitriles is 1. The van der Waals surface area contributed by atoms with Gasteiger partial charge >= 0.3 is 0 Å². The first-order valence-electron chi connectivity index (χ1n) is 5.59. The highest BCUT2D eigenvalue weighted by atomic mass is 19.1. The van der Waals surface area contributed by atoms with Gasteiger partial charge in [0.25, 0.3) is 0 Å². The molecule has 0 amide bonds. The monoisotopic (exact) mass is 258 g/mol. The molecule has 0 aliphatic heterocycles. The zero-order valence-corrected chi connectivity index (χ0v) is 10.0. The van der Waals surface area contributed by atoms with Crippen molar-refractivity contribution in [1.29, 1.82) is 5.26 Å². The lowest BCUT2D eigenvalue weighted by molar-refractivity contribution is 0.318. The van der Waals surface area contributed by atoms with E-state index in [9.17, 15) is 4.39 Å². The van der Waals surface area contributed by atoms with Crippen molar-refractivity contribution in [3.8, 4) is 11.8 Å². The molecule has 6 heteroatoms. The Hall–Kier alpha value is -2.68. The van der Waals surface area contributed by atoms with E-state index in [1.807, 2.05) is 6.07 Å². The molecule has 1 heterocycles. The van der Waals surface area contributed by atoms with Crippen molar-refractivity contribution >= 4 is 5.82 Å². The molecule has 1 aromatic carbocycles. The molecular formula is C13H11FN4O. The number of ether oxygens (including phenoxy) is 1. The largest absolute Gasteiger partial charge is 0.493 e. The van der Waals surface area contributed by atoms with Gasteiger partial charge in [-0.1, -0.05) is 0 Å². The van der Waals surface area contributed by atoms with Crippen molar-refractivity contribution in [3.63, 3.8) is 0 Å². The maximum atomic E-state index is 12.7. The van der Waals surface area contributed by atoms with Crippen LogP contribution in [0.25, 0.3) is 0 Å². The quantitative estimate of drug-likeness (QED) is 0.902. The van der Waals surface area contributed by atoms with Crippen molar-refractivity contribution in [2.24, 2.45) is 0 Å². The van der Waals surface area contributed by atoms with Gasteiger partial charge in [0.05, 0.1) is 12.8 Å². The van der Waals surface area contributed by atoms with Gasteiger partial charge in [0, 0.05) is 6.42 Å². The Labute approximate surface area is 109 Å². The Morgan fingerprint density at radius 1 is 1.32 bits per heavy atom. The van der Waals surface area contributed by atoms with Crippen LogP contribution in [0.4, 0.5) is 10.2 Å². The summed E-state index contributed by atoms with van der Waals surface area (Å²) in [7, 11) is 0. The van der Waals surface area contributed by atoms with Crippen LogP contribution in [0.15, 0.2) is 30.5 Å². The summed E-state index contributed by atoms with van der Waals surface area (Å²) >= 11 is 0. The summed E-state index contributed by atoms with van der Waals surface area (Å²) in [5.74, 6) is 0.923. The van der Waals surface area contributed by atoms with E-state index in [-0.39, 0.29) is 17.2 Å². The third-order valence-corrected chi connectivity index (χ3v) is 2.40. The minimum Gasteiger partial charge on any atom is -0.493 e. The van der Waals surface area contributed by atoms with Gasteiger partial charge < -0.3 is 10.5 Å². The lowest BCUT2D eigenvalue weighted by atomic mass is 10.3. The average molecular weight is 258 g/mol. The molecule has 0 unspecified atom stereocenters. The lowest BCUT2D eigenvalue weighted by Crippen LogP contribution is -2.07. The van der Waals surface area contributed by atoms with Gasteiger partial charge in [-0.15, -0.1) is 0 Å². The molecule has 0 atom stereocenters. The Bertz CT molecular complexity index is 607. The summed E-state index contributed by atoms with van der Waals surface area (Å²) in [5.41, 5.74) is 5.83. The smallest absolute Gasteiger partial charge is 0.145 e. The first-order chi connectivity index (χ1) is 9.19. The molecular weight excluding hydrogens is 247 g/mol. The molecule has 0 fully saturated rings. The number of benzene rings is 1. The number of rotatable bonds is 4. The molecule has 2 N–H and O–H groups in total. The fourth-order valence-corrected chi connectivity index (χ4v) is 1.43. The first kappa shape index (κ1) is 12.8. The van der Waals surface area contributed by atoms with Crippen LogP contribution in [0.5, 0.6) is 5.75 Å². The Morgan fingerprint density at radius 3 is 2.68 bits per heavy atom. The maximum absolute atomic E-state index is 12.7. The highest BCUT2D eigenvalue weighted by molar-refractivity contribution is 5.46. The van der Waals surface area contributed by atoms with E-state index in [1.165, 1.54) is 18.3 Å². The third-order valence-electron chi connectivity index (χ3n) is 2.40. The summed E-state index contributed by atoms with van der Waals surface area (Å²) in [4.78, 5) is 8.00. The minimum atomic E-state index is -0.310. The lowest BCUT2D eigenvalue weighted by Gasteiger charge is -2.05. The highest BCUT2D eigenvalue weighted by Crippen LogP contribution is 2.11. The molecule has 0 saturated heterocycles. The average Bonchev–Trinajstić information content (AvgIpc) is 2.41. The number of anilines is 1. The summed E-state index contributed by atoms with van der Waals surface area (Å²) in [6.45, 7) is 0.344.